The SMILES string of the molecule is Cc1cc(NC(=O)C(C)OC(=O)c2cccc(NS(=O)(=O)c3ccc(F)c(F)c3)c2)no1. The van der Waals surface area contributed by atoms with Gasteiger partial charge in [-0.05, 0) is 50.2 Å². The van der Waals surface area contributed by atoms with E-state index in [4.69, 9.17) is 9.26 Å². The summed E-state index contributed by atoms with van der Waals surface area (Å²) < 4.78 is 63.3. The molecule has 0 aliphatic rings. The van der Waals surface area contributed by atoms with E-state index >= 15 is 0 Å². The second-order valence-electron chi connectivity index (χ2n) is 6.62. The Morgan fingerprint density at radius 3 is 2.50 bits per heavy atom. The normalized spacial score (nSPS) is 12.1. The lowest BCUT2D eigenvalue weighted by Gasteiger charge is -2.13. The molecule has 0 aliphatic heterocycles. The van der Waals surface area contributed by atoms with Crippen LogP contribution < -0.4 is 10.0 Å². The Hall–Kier alpha value is -3.80. The van der Waals surface area contributed by atoms with Gasteiger partial charge in [-0.15, -0.1) is 0 Å². The van der Waals surface area contributed by atoms with Crippen LogP contribution in [0.1, 0.15) is 23.0 Å². The van der Waals surface area contributed by atoms with Crippen molar-refractivity contribution < 1.29 is 36.0 Å². The molecule has 0 spiro atoms. The van der Waals surface area contributed by atoms with Crippen molar-refractivity contribution in [1.29, 1.82) is 0 Å². The lowest BCUT2D eigenvalue weighted by Crippen LogP contribution is -2.30. The molecule has 3 aromatic rings. The van der Waals surface area contributed by atoms with E-state index in [-0.39, 0.29) is 17.1 Å². The molecule has 1 unspecified atom stereocenters. The van der Waals surface area contributed by atoms with Crippen molar-refractivity contribution in [2.75, 3.05) is 10.0 Å². The molecule has 0 saturated carbocycles. The minimum atomic E-state index is -4.25. The monoisotopic (exact) mass is 465 g/mol. The second-order valence-corrected chi connectivity index (χ2v) is 8.30. The fourth-order valence-electron chi connectivity index (χ4n) is 2.50. The maximum atomic E-state index is 13.4. The number of benzene rings is 2. The first kappa shape index (κ1) is 22.9. The van der Waals surface area contributed by atoms with Crippen LogP contribution in [0.25, 0.3) is 0 Å². The maximum Gasteiger partial charge on any atom is 0.338 e. The van der Waals surface area contributed by atoms with E-state index < -0.39 is 44.5 Å². The maximum absolute atomic E-state index is 13.4. The molecule has 1 amide bonds. The molecule has 0 aliphatic carbocycles. The number of amides is 1. The molecular weight excluding hydrogens is 448 g/mol. The van der Waals surface area contributed by atoms with Gasteiger partial charge < -0.3 is 14.6 Å². The Morgan fingerprint density at radius 1 is 1.09 bits per heavy atom. The van der Waals surface area contributed by atoms with Crippen LogP contribution in [0, 0.1) is 18.6 Å². The number of hydrogen-bond acceptors (Lipinski definition) is 7. The van der Waals surface area contributed by atoms with E-state index in [1.54, 1.807) is 6.92 Å². The van der Waals surface area contributed by atoms with Crippen molar-refractivity contribution >= 4 is 33.4 Å². The number of hydrogen-bond donors (Lipinski definition) is 2. The number of ether oxygens (including phenoxy) is 1. The fraction of sp³-hybridized carbons (Fsp3) is 0.150. The van der Waals surface area contributed by atoms with E-state index in [2.05, 4.69) is 15.2 Å². The largest absolute Gasteiger partial charge is 0.449 e. The Labute approximate surface area is 181 Å². The number of halogens is 2. The van der Waals surface area contributed by atoms with E-state index in [0.717, 1.165) is 6.07 Å². The molecule has 1 atom stereocenters. The van der Waals surface area contributed by atoms with E-state index in [1.807, 2.05) is 0 Å². The number of nitrogens with zero attached hydrogens (tertiary/aromatic N) is 1. The number of anilines is 2. The Bertz CT molecular complexity index is 1280. The quantitative estimate of drug-likeness (QED) is 0.513. The molecule has 168 valence electrons. The zero-order valence-corrected chi connectivity index (χ0v) is 17.6. The van der Waals surface area contributed by atoms with Crippen molar-refractivity contribution in [2.24, 2.45) is 0 Å². The van der Waals surface area contributed by atoms with E-state index in [0.29, 0.717) is 17.9 Å². The predicted octanol–water partition coefficient (Wildman–Crippen LogP) is 3.25. The van der Waals surface area contributed by atoms with Crippen molar-refractivity contribution in [3.8, 4) is 0 Å². The Kier molecular flexibility index (Phi) is 6.53. The van der Waals surface area contributed by atoms with Gasteiger partial charge in [-0.25, -0.2) is 22.0 Å². The predicted molar refractivity (Wildman–Crippen MR) is 108 cm³/mol. The topological polar surface area (TPSA) is 128 Å². The molecule has 0 bridgehead atoms. The minimum absolute atomic E-state index is 0.0284. The smallest absolute Gasteiger partial charge is 0.338 e. The lowest BCUT2D eigenvalue weighted by molar-refractivity contribution is -0.123. The number of aryl methyl sites for hydroxylation is 1. The molecule has 1 heterocycles. The first-order valence-corrected chi connectivity index (χ1v) is 10.6. The molecule has 1 aromatic heterocycles. The molecule has 0 fully saturated rings. The fourth-order valence-corrected chi connectivity index (χ4v) is 3.56. The van der Waals surface area contributed by atoms with Crippen LogP contribution in [0.3, 0.4) is 0 Å². The number of nitrogens with one attached hydrogen (secondary N) is 2. The number of esters is 1. The first-order valence-electron chi connectivity index (χ1n) is 9.08. The Morgan fingerprint density at radius 2 is 1.84 bits per heavy atom. The molecule has 3 rings (SSSR count). The summed E-state index contributed by atoms with van der Waals surface area (Å²) >= 11 is 0. The highest BCUT2D eigenvalue weighted by molar-refractivity contribution is 7.92. The van der Waals surface area contributed by atoms with Gasteiger partial charge in [0.1, 0.15) is 5.76 Å². The van der Waals surface area contributed by atoms with E-state index in [9.17, 15) is 26.8 Å². The summed E-state index contributed by atoms with van der Waals surface area (Å²) in [5, 5.41) is 6.02. The summed E-state index contributed by atoms with van der Waals surface area (Å²) in [6.45, 7) is 2.98. The highest BCUT2D eigenvalue weighted by Crippen LogP contribution is 2.20. The van der Waals surface area contributed by atoms with Gasteiger partial charge in [-0.3, -0.25) is 9.52 Å². The third-order valence-corrected chi connectivity index (χ3v) is 5.46. The summed E-state index contributed by atoms with van der Waals surface area (Å²) in [5.41, 5.74) is -0.0771. The number of aromatic nitrogens is 1. The molecule has 2 N–H and O–H groups in total. The van der Waals surface area contributed by atoms with Crippen LogP contribution in [0.5, 0.6) is 0 Å². The average molecular weight is 465 g/mol. The third-order valence-electron chi connectivity index (χ3n) is 4.08. The van der Waals surface area contributed by atoms with Crippen LogP contribution in [0.2, 0.25) is 0 Å². The van der Waals surface area contributed by atoms with Crippen LogP contribution in [0.4, 0.5) is 20.3 Å². The zero-order chi connectivity index (χ0) is 23.5. The van der Waals surface area contributed by atoms with Gasteiger partial charge in [-0.2, -0.15) is 0 Å². The van der Waals surface area contributed by atoms with Crippen LogP contribution in [-0.2, 0) is 19.6 Å². The molecular formula is C20H17F2N3O6S. The molecule has 12 heteroatoms. The van der Waals surface area contributed by atoms with Gasteiger partial charge >= 0.3 is 5.97 Å². The van der Waals surface area contributed by atoms with Crippen molar-refractivity contribution in [3.63, 3.8) is 0 Å². The van der Waals surface area contributed by atoms with Crippen molar-refractivity contribution in [3.05, 3.63) is 71.5 Å². The summed E-state index contributed by atoms with van der Waals surface area (Å²) in [4.78, 5) is 24.0. The summed E-state index contributed by atoms with van der Waals surface area (Å²) in [7, 11) is -4.25. The number of rotatable bonds is 7. The molecule has 2 aromatic carbocycles. The summed E-state index contributed by atoms with van der Waals surface area (Å²) in [5.74, 6) is -3.42. The van der Waals surface area contributed by atoms with Crippen LogP contribution in [0.15, 0.2) is 57.9 Å². The lowest BCUT2D eigenvalue weighted by atomic mass is 10.2. The highest BCUT2D eigenvalue weighted by atomic mass is 32.2. The zero-order valence-electron chi connectivity index (χ0n) is 16.8. The molecule has 0 radical (unpaired) electrons. The van der Waals surface area contributed by atoms with Crippen LogP contribution in [-0.4, -0.2) is 31.6 Å². The number of carbonyl (C=O) groups excluding carboxylic acids is 2. The van der Waals surface area contributed by atoms with Gasteiger partial charge in [-0.1, -0.05) is 11.2 Å². The molecule has 9 nitrogen and oxygen atoms in total. The first-order chi connectivity index (χ1) is 15.0. The summed E-state index contributed by atoms with van der Waals surface area (Å²) in [6.07, 6.45) is -1.19. The molecule has 32 heavy (non-hydrogen) atoms. The highest BCUT2D eigenvalue weighted by Gasteiger charge is 2.21. The van der Waals surface area contributed by atoms with E-state index in [1.165, 1.54) is 37.3 Å². The van der Waals surface area contributed by atoms with Gasteiger partial charge in [0.15, 0.2) is 23.6 Å². The standard InChI is InChI=1S/C20H17F2N3O6S/c1-11-8-18(24-31-11)23-19(26)12(2)30-20(27)13-4-3-5-14(9-13)25-32(28,29)15-6-7-16(21)17(22)10-15/h3-10,12,25H,1-2H3,(H,23,24,26). The third kappa shape index (κ3) is 5.46. The Balaban J connectivity index is 1.68. The number of sulfonamides is 1. The van der Waals surface area contributed by atoms with Crippen molar-refractivity contribution in [2.45, 2.75) is 24.8 Å². The van der Waals surface area contributed by atoms with Gasteiger partial charge in [0.05, 0.1) is 10.5 Å². The minimum Gasteiger partial charge on any atom is -0.449 e. The van der Waals surface area contributed by atoms with Gasteiger partial charge in [0.25, 0.3) is 15.9 Å². The number of carbonyl (C=O) groups is 2. The molecule has 0 saturated heterocycles. The summed E-state index contributed by atoms with van der Waals surface area (Å²) in [6, 6.07) is 8.84. The second kappa shape index (κ2) is 9.14. The average Bonchev–Trinajstić information content (AvgIpc) is 3.14. The van der Waals surface area contributed by atoms with Crippen LogP contribution >= 0.6 is 0 Å². The van der Waals surface area contributed by atoms with Crippen molar-refractivity contribution in [1.82, 2.24) is 5.16 Å². The van der Waals surface area contributed by atoms with Gasteiger partial charge in [0, 0.05) is 11.8 Å². The van der Waals surface area contributed by atoms with Gasteiger partial charge in [0.2, 0.25) is 0 Å².